The quantitative estimate of drug-likeness (QED) is 0.294. The van der Waals surface area contributed by atoms with Gasteiger partial charge in [-0.05, 0) is 35.4 Å². The molecule has 0 bridgehead atoms. The van der Waals surface area contributed by atoms with Gasteiger partial charge in [0.25, 0.3) is 5.91 Å². The average molecular weight is 538 g/mol. The maximum atomic E-state index is 12.5. The molecule has 1 aliphatic heterocycles. The number of benzene rings is 3. The molecule has 1 amide bonds. The van der Waals surface area contributed by atoms with Gasteiger partial charge in [-0.3, -0.25) is 4.79 Å². The second-order valence-electron chi connectivity index (χ2n) is 8.77. The lowest BCUT2D eigenvalue weighted by Gasteiger charge is -2.36. The van der Waals surface area contributed by atoms with E-state index in [0.717, 1.165) is 16.7 Å². The van der Waals surface area contributed by atoms with Crippen LogP contribution >= 0.6 is 23.2 Å². The highest BCUT2D eigenvalue weighted by atomic mass is 35.5. The summed E-state index contributed by atoms with van der Waals surface area (Å²) in [5.41, 5.74) is 3.88. The fourth-order valence-electron chi connectivity index (χ4n) is 4.24. The first-order valence-corrected chi connectivity index (χ1v) is 12.6. The van der Waals surface area contributed by atoms with Gasteiger partial charge in [-0.25, -0.2) is 4.98 Å². The zero-order chi connectivity index (χ0) is 25.8. The van der Waals surface area contributed by atoms with Crippen LogP contribution in [0.4, 0.5) is 5.69 Å². The van der Waals surface area contributed by atoms with Crippen molar-refractivity contribution >= 4 is 34.8 Å². The Balaban J connectivity index is 1.35. The van der Waals surface area contributed by atoms with Crippen molar-refractivity contribution in [1.29, 1.82) is 0 Å². The van der Waals surface area contributed by atoms with Crippen LogP contribution in [0.1, 0.15) is 45.9 Å². The van der Waals surface area contributed by atoms with Crippen LogP contribution < -0.4 is 5.32 Å². The Kier molecular flexibility index (Phi) is 7.88. The number of aliphatic hydroxyl groups excluding tert-OH is 1. The number of anilines is 1. The molecule has 2 heterocycles. The van der Waals surface area contributed by atoms with Gasteiger partial charge in [-0.2, -0.15) is 0 Å². The number of halogens is 2. The molecule has 1 saturated heterocycles. The molecular formula is C28H25Cl2N3O4. The number of rotatable bonds is 7. The van der Waals surface area contributed by atoms with Crippen molar-refractivity contribution < 1.29 is 19.4 Å². The van der Waals surface area contributed by atoms with Gasteiger partial charge < -0.3 is 24.5 Å². The monoisotopic (exact) mass is 537 g/mol. The van der Waals surface area contributed by atoms with Gasteiger partial charge in [0, 0.05) is 23.2 Å². The third-order valence-corrected chi connectivity index (χ3v) is 6.99. The van der Waals surface area contributed by atoms with E-state index in [0.29, 0.717) is 29.4 Å². The first-order valence-electron chi connectivity index (χ1n) is 11.8. The van der Waals surface area contributed by atoms with Crippen LogP contribution in [0.15, 0.2) is 85.2 Å². The Labute approximate surface area is 224 Å². The minimum absolute atomic E-state index is 0.0206. The Morgan fingerprint density at radius 3 is 2.32 bits per heavy atom. The number of amides is 1. The first-order chi connectivity index (χ1) is 18.0. The third-order valence-electron chi connectivity index (χ3n) is 6.22. The molecule has 4 aromatic rings. The van der Waals surface area contributed by atoms with Crippen molar-refractivity contribution in [3.8, 4) is 0 Å². The zero-order valence-corrected chi connectivity index (χ0v) is 21.3. The highest BCUT2D eigenvalue weighted by molar-refractivity contribution is 6.40. The van der Waals surface area contributed by atoms with Crippen molar-refractivity contribution in [3.05, 3.63) is 118 Å². The van der Waals surface area contributed by atoms with Crippen LogP contribution in [0.2, 0.25) is 10.3 Å². The average Bonchev–Trinajstić information content (AvgIpc) is 3.26. The number of aliphatic hydroxyl groups is 1. The standard InChI is InChI=1S/C28H25Cl2N3O4/c29-25-26(30)33(17-31-25)15-23-14-24(19-8-6-18(16-34)7-9-19)37-28(36-23)21-10-12-22(13-11-21)32-27(35)20-4-2-1-3-5-20/h1-13,17,23-24,28,34H,14-16H2,(H,32,35)/t23-,24+,28+/m0/s1. The number of nitrogens with zero attached hydrogens (tertiary/aromatic N) is 2. The lowest BCUT2D eigenvalue weighted by Crippen LogP contribution is -2.32. The van der Waals surface area contributed by atoms with Crippen molar-refractivity contribution in [3.63, 3.8) is 0 Å². The van der Waals surface area contributed by atoms with E-state index in [1.165, 1.54) is 0 Å². The summed E-state index contributed by atoms with van der Waals surface area (Å²) in [6, 6.07) is 24.1. The van der Waals surface area contributed by atoms with Crippen LogP contribution in [0.5, 0.6) is 0 Å². The highest BCUT2D eigenvalue weighted by Crippen LogP contribution is 2.39. The summed E-state index contributed by atoms with van der Waals surface area (Å²) < 4.78 is 14.5. The number of hydrogen-bond acceptors (Lipinski definition) is 5. The molecular weight excluding hydrogens is 513 g/mol. The molecule has 2 N–H and O–H groups in total. The van der Waals surface area contributed by atoms with Gasteiger partial charge >= 0.3 is 0 Å². The zero-order valence-electron chi connectivity index (χ0n) is 19.8. The molecule has 0 spiro atoms. The summed E-state index contributed by atoms with van der Waals surface area (Å²) in [7, 11) is 0. The molecule has 1 aliphatic rings. The summed E-state index contributed by atoms with van der Waals surface area (Å²) in [5, 5.41) is 12.9. The molecule has 5 rings (SSSR count). The molecule has 0 unspecified atom stereocenters. The first kappa shape index (κ1) is 25.4. The van der Waals surface area contributed by atoms with E-state index in [9.17, 15) is 9.90 Å². The van der Waals surface area contributed by atoms with E-state index >= 15 is 0 Å². The maximum absolute atomic E-state index is 12.5. The fourth-order valence-corrected chi connectivity index (χ4v) is 4.55. The van der Waals surface area contributed by atoms with Gasteiger partial charge in [0.15, 0.2) is 11.4 Å². The lowest BCUT2D eigenvalue weighted by molar-refractivity contribution is -0.252. The van der Waals surface area contributed by atoms with E-state index in [-0.39, 0.29) is 29.9 Å². The fraction of sp³-hybridized carbons (Fsp3) is 0.214. The summed E-state index contributed by atoms with van der Waals surface area (Å²) in [5.74, 6) is -0.180. The Hall–Kier alpha value is -3.20. The van der Waals surface area contributed by atoms with E-state index in [1.54, 1.807) is 23.0 Å². The van der Waals surface area contributed by atoms with Gasteiger partial charge in [-0.1, -0.05) is 77.8 Å². The summed E-state index contributed by atoms with van der Waals surface area (Å²) in [6.45, 7) is 0.433. The minimum Gasteiger partial charge on any atom is -0.392 e. The normalized spacial score (nSPS) is 19.5. The topological polar surface area (TPSA) is 85.6 Å². The number of imidazole rings is 1. The molecule has 1 fully saturated rings. The second kappa shape index (κ2) is 11.5. The summed E-state index contributed by atoms with van der Waals surface area (Å²) >= 11 is 12.3. The predicted octanol–water partition coefficient (Wildman–Crippen LogP) is 6.18. The molecule has 3 aromatic carbocycles. The maximum Gasteiger partial charge on any atom is 0.255 e. The van der Waals surface area contributed by atoms with Gasteiger partial charge in [0.05, 0.1) is 31.7 Å². The third kappa shape index (κ3) is 6.04. The van der Waals surface area contributed by atoms with Crippen LogP contribution in [0.25, 0.3) is 0 Å². The van der Waals surface area contributed by atoms with E-state index < -0.39 is 6.29 Å². The van der Waals surface area contributed by atoms with E-state index in [4.69, 9.17) is 32.7 Å². The van der Waals surface area contributed by atoms with Crippen molar-refractivity contribution in [2.75, 3.05) is 5.32 Å². The van der Waals surface area contributed by atoms with E-state index in [1.807, 2.05) is 66.7 Å². The molecule has 37 heavy (non-hydrogen) atoms. The number of nitrogens with one attached hydrogen (secondary N) is 1. The number of hydrogen-bond donors (Lipinski definition) is 2. The molecule has 9 heteroatoms. The van der Waals surface area contributed by atoms with Crippen molar-refractivity contribution in [2.24, 2.45) is 0 Å². The number of carbonyl (C=O) groups is 1. The summed E-state index contributed by atoms with van der Waals surface area (Å²) in [6.07, 6.45) is 1.06. The van der Waals surface area contributed by atoms with Crippen LogP contribution in [-0.4, -0.2) is 26.7 Å². The molecule has 190 valence electrons. The molecule has 3 atom stereocenters. The second-order valence-corrected chi connectivity index (χ2v) is 9.49. The van der Waals surface area contributed by atoms with Crippen LogP contribution in [0.3, 0.4) is 0 Å². The largest absolute Gasteiger partial charge is 0.392 e. The molecule has 1 aromatic heterocycles. The Morgan fingerprint density at radius 1 is 0.973 bits per heavy atom. The molecule has 0 radical (unpaired) electrons. The van der Waals surface area contributed by atoms with Gasteiger partial charge in [0.1, 0.15) is 5.15 Å². The van der Waals surface area contributed by atoms with Crippen molar-refractivity contribution in [2.45, 2.75) is 38.1 Å². The lowest BCUT2D eigenvalue weighted by atomic mass is 10.00. The molecule has 7 nitrogen and oxygen atoms in total. The number of aromatic nitrogens is 2. The van der Waals surface area contributed by atoms with Crippen LogP contribution in [0, 0.1) is 0 Å². The number of ether oxygens (including phenoxy) is 2. The number of carbonyl (C=O) groups excluding carboxylic acids is 1. The molecule has 0 saturated carbocycles. The van der Waals surface area contributed by atoms with E-state index in [2.05, 4.69) is 10.3 Å². The van der Waals surface area contributed by atoms with Gasteiger partial charge in [-0.15, -0.1) is 0 Å². The molecule has 0 aliphatic carbocycles. The SMILES string of the molecule is O=C(Nc1ccc([C@@H]2O[C@H](Cn3cnc(Cl)c3Cl)C[C@H](c3ccc(CO)cc3)O2)cc1)c1ccccc1. The van der Waals surface area contributed by atoms with Crippen LogP contribution in [-0.2, 0) is 22.6 Å². The van der Waals surface area contributed by atoms with Gasteiger partial charge in [0.2, 0.25) is 0 Å². The summed E-state index contributed by atoms with van der Waals surface area (Å²) in [4.78, 5) is 16.6. The smallest absolute Gasteiger partial charge is 0.255 e. The van der Waals surface area contributed by atoms with Crippen molar-refractivity contribution in [1.82, 2.24) is 9.55 Å². The Bertz CT molecular complexity index is 1340. The minimum atomic E-state index is -0.641. The Morgan fingerprint density at radius 2 is 1.68 bits per heavy atom. The predicted molar refractivity (Wildman–Crippen MR) is 142 cm³/mol. The highest BCUT2D eigenvalue weighted by Gasteiger charge is 2.33.